The number of carbonyl (C=O) groups excluding carboxylic acids is 1. The predicted octanol–water partition coefficient (Wildman–Crippen LogP) is 4.11. The number of hydrogen-bond acceptors (Lipinski definition) is 5. The first kappa shape index (κ1) is 22.6. The quantitative estimate of drug-likeness (QED) is 0.653. The Labute approximate surface area is 191 Å². The van der Waals surface area contributed by atoms with Crippen LogP contribution in [0.5, 0.6) is 11.5 Å². The molecule has 3 heterocycles. The smallest absolute Gasteiger partial charge is 0.257 e. The average Bonchev–Trinajstić information content (AvgIpc) is 3.35. The van der Waals surface area contributed by atoms with E-state index in [9.17, 15) is 4.79 Å². The largest absolute Gasteiger partial charge is 0.497 e. The normalized spacial score (nSPS) is 18.5. The van der Waals surface area contributed by atoms with E-state index in [2.05, 4.69) is 35.9 Å². The number of aryl methyl sites for hydroxylation is 1. The molecule has 0 N–H and O–H groups in total. The number of pyridine rings is 1. The molecule has 1 atom stereocenters. The number of carbonyl (C=O) groups is 1. The number of ether oxygens (including phenoxy) is 2. The third kappa shape index (κ3) is 5.41. The van der Waals surface area contributed by atoms with Gasteiger partial charge in [0.25, 0.3) is 5.91 Å². The van der Waals surface area contributed by atoms with Crippen LogP contribution in [0.1, 0.15) is 54.2 Å². The summed E-state index contributed by atoms with van der Waals surface area (Å²) in [6.45, 7) is 7.97. The molecule has 1 amide bonds. The molecule has 172 valence electrons. The molecule has 6 heteroatoms. The minimum atomic E-state index is 0.0665. The van der Waals surface area contributed by atoms with Gasteiger partial charge in [-0.15, -0.1) is 0 Å². The average molecular weight is 438 g/mol. The zero-order chi connectivity index (χ0) is 22.5. The summed E-state index contributed by atoms with van der Waals surface area (Å²) in [5.41, 5.74) is 2.98. The molecule has 6 nitrogen and oxygen atoms in total. The molecule has 2 fully saturated rings. The Morgan fingerprint density at radius 2 is 1.88 bits per heavy atom. The third-order valence-corrected chi connectivity index (χ3v) is 6.68. The number of benzene rings is 1. The Bertz CT molecular complexity index is 901. The monoisotopic (exact) mass is 437 g/mol. The van der Waals surface area contributed by atoms with Gasteiger partial charge < -0.3 is 14.4 Å². The van der Waals surface area contributed by atoms with E-state index < -0.39 is 0 Å². The number of nitrogens with zero attached hydrogens (tertiary/aromatic N) is 3. The minimum absolute atomic E-state index is 0.0665. The van der Waals surface area contributed by atoms with Gasteiger partial charge in [-0.05, 0) is 63.3 Å². The van der Waals surface area contributed by atoms with E-state index in [1.54, 1.807) is 7.11 Å². The lowest BCUT2D eigenvalue weighted by Crippen LogP contribution is -2.44. The van der Waals surface area contributed by atoms with E-state index in [-0.39, 0.29) is 12.0 Å². The van der Waals surface area contributed by atoms with Crippen LogP contribution in [0.2, 0.25) is 0 Å². The van der Waals surface area contributed by atoms with Crippen LogP contribution in [0.25, 0.3) is 0 Å². The Morgan fingerprint density at radius 3 is 2.53 bits per heavy atom. The van der Waals surface area contributed by atoms with E-state index in [1.807, 2.05) is 29.3 Å². The van der Waals surface area contributed by atoms with Gasteiger partial charge in [0.05, 0.1) is 12.7 Å². The second-order valence-electron chi connectivity index (χ2n) is 9.09. The van der Waals surface area contributed by atoms with Gasteiger partial charge in [0.2, 0.25) is 0 Å². The van der Waals surface area contributed by atoms with Crippen LogP contribution in [-0.2, 0) is 6.42 Å². The summed E-state index contributed by atoms with van der Waals surface area (Å²) < 4.78 is 11.8. The SMILES string of the molecule is COc1ccc(C(=O)N2CCCC2)c(OC2CCN([C@@H](C)Cc3ccc(C)cn3)CC2)c1. The summed E-state index contributed by atoms with van der Waals surface area (Å²) in [4.78, 5) is 22.0. The van der Waals surface area contributed by atoms with Crippen LogP contribution in [0.3, 0.4) is 0 Å². The number of piperidine rings is 1. The molecule has 1 aromatic carbocycles. The molecule has 0 radical (unpaired) electrons. The fourth-order valence-electron chi connectivity index (χ4n) is 4.66. The van der Waals surface area contributed by atoms with Crippen molar-refractivity contribution < 1.29 is 14.3 Å². The second-order valence-corrected chi connectivity index (χ2v) is 9.09. The van der Waals surface area contributed by atoms with Crippen LogP contribution in [0, 0.1) is 6.92 Å². The molecule has 0 bridgehead atoms. The minimum Gasteiger partial charge on any atom is -0.497 e. The highest BCUT2D eigenvalue weighted by atomic mass is 16.5. The Balaban J connectivity index is 1.37. The lowest BCUT2D eigenvalue weighted by atomic mass is 10.0. The molecule has 2 aromatic rings. The first-order valence-corrected chi connectivity index (χ1v) is 11.8. The number of amides is 1. The summed E-state index contributed by atoms with van der Waals surface area (Å²) in [6.07, 6.45) is 7.04. The molecular weight excluding hydrogens is 402 g/mol. The lowest BCUT2D eigenvalue weighted by Gasteiger charge is -2.36. The van der Waals surface area contributed by atoms with Crippen molar-refractivity contribution >= 4 is 5.91 Å². The number of hydrogen-bond donors (Lipinski definition) is 0. The van der Waals surface area contributed by atoms with Crippen molar-refractivity contribution in [3.05, 3.63) is 53.3 Å². The van der Waals surface area contributed by atoms with Gasteiger partial charge in [-0.2, -0.15) is 0 Å². The Morgan fingerprint density at radius 1 is 1.12 bits per heavy atom. The number of rotatable bonds is 7. The molecular formula is C26H35N3O3. The maximum Gasteiger partial charge on any atom is 0.257 e. The van der Waals surface area contributed by atoms with Crippen molar-refractivity contribution in [3.8, 4) is 11.5 Å². The highest BCUT2D eigenvalue weighted by Gasteiger charge is 2.27. The van der Waals surface area contributed by atoms with Gasteiger partial charge in [-0.25, -0.2) is 0 Å². The van der Waals surface area contributed by atoms with Crippen molar-refractivity contribution in [2.24, 2.45) is 0 Å². The number of likely N-dealkylation sites (tertiary alicyclic amines) is 2. The first-order valence-electron chi connectivity index (χ1n) is 11.8. The third-order valence-electron chi connectivity index (χ3n) is 6.68. The highest BCUT2D eigenvalue weighted by molar-refractivity contribution is 5.97. The van der Waals surface area contributed by atoms with Crippen LogP contribution < -0.4 is 9.47 Å². The number of methoxy groups -OCH3 is 1. The first-order chi connectivity index (χ1) is 15.5. The van der Waals surface area contributed by atoms with Crippen LogP contribution in [0.15, 0.2) is 36.5 Å². The molecule has 4 rings (SSSR count). The Hall–Kier alpha value is -2.60. The van der Waals surface area contributed by atoms with E-state index in [1.165, 1.54) is 5.56 Å². The van der Waals surface area contributed by atoms with Crippen molar-refractivity contribution in [2.75, 3.05) is 33.3 Å². The standard InChI is InChI=1S/C26H35N3O3/c1-19-6-7-21(27-18-19)16-20(2)28-14-10-22(11-15-28)32-25-17-23(31-3)8-9-24(25)26(30)29-12-4-5-13-29/h6-9,17-18,20,22H,4-5,10-16H2,1-3H3/t20-/m0/s1. The van der Waals surface area contributed by atoms with E-state index >= 15 is 0 Å². The molecule has 0 unspecified atom stereocenters. The predicted molar refractivity (Wildman–Crippen MR) is 125 cm³/mol. The van der Waals surface area contributed by atoms with Crippen molar-refractivity contribution in [2.45, 2.75) is 58.1 Å². The van der Waals surface area contributed by atoms with E-state index in [0.717, 1.165) is 69.7 Å². The van der Waals surface area contributed by atoms with Gasteiger partial charge in [0, 0.05) is 56.6 Å². The van der Waals surface area contributed by atoms with E-state index in [0.29, 0.717) is 17.4 Å². The second kappa shape index (κ2) is 10.3. The molecule has 2 aliphatic rings. The van der Waals surface area contributed by atoms with Crippen molar-refractivity contribution in [1.29, 1.82) is 0 Å². The van der Waals surface area contributed by atoms with Crippen LogP contribution in [-0.4, -0.2) is 66.1 Å². The Kier molecular flexibility index (Phi) is 7.30. The molecule has 1 aromatic heterocycles. The lowest BCUT2D eigenvalue weighted by molar-refractivity contribution is 0.0727. The van der Waals surface area contributed by atoms with E-state index in [4.69, 9.17) is 9.47 Å². The van der Waals surface area contributed by atoms with Crippen molar-refractivity contribution in [1.82, 2.24) is 14.8 Å². The summed E-state index contributed by atoms with van der Waals surface area (Å²) in [5, 5.41) is 0. The van der Waals surface area contributed by atoms with Gasteiger partial charge in [-0.3, -0.25) is 14.7 Å². The van der Waals surface area contributed by atoms with Gasteiger partial charge in [0.1, 0.15) is 17.6 Å². The highest BCUT2D eigenvalue weighted by Crippen LogP contribution is 2.30. The fourth-order valence-corrected chi connectivity index (χ4v) is 4.66. The molecule has 0 aliphatic carbocycles. The summed E-state index contributed by atoms with van der Waals surface area (Å²) in [6, 6.07) is 10.3. The zero-order valence-electron chi connectivity index (χ0n) is 19.5. The van der Waals surface area contributed by atoms with Crippen LogP contribution in [0.4, 0.5) is 0 Å². The molecule has 0 saturated carbocycles. The fraction of sp³-hybridized carbons (Fsp3) is 0.538. The maximum absolute atomic E-state index is 13.0. The maximum atomic E-state index is 13.0. The molecule has 2 aliphatic heterocycles. The topological polar surface area (TPSA) is 54.9 Å². The summed E-state index contributed by atoms with van der Waals surface area (Å²) in [7, 11) is 1.64. The van der Waals surface area contributed by atoms with Gasteiger partial charge >= 0.3 is 0 Å². The van der Waals surface area contributed by atoms with Gasteiger partial charge in [0.15, 0.2) is 0 Å². The zero-order valence-corrected chi connectivity index (χ0v) is 19.5. The summed E-state index contributed by atoms with van der Waals surface area (Å²) >= 11 is 0. The molecule has 32 heavy (non-hydrogen) atoms. The molecule has 2 saturated heterocycles. The number of aromatic nitrogens is 1. The molecule has 0 spiro atoms. The summed E-state index contributed by atoms with van der Waals surface area (Å²) in [5.74, 6) is 1.43. The van der Waals surface area contributed by atoms with Crippen molar-refractivity contribution in [3.63, 3.8) is 0 Å². The van der Waals surface area contributed by atoms with Gasteiger partial charge in [-0.1, -0.05) is 6.07 Å². The van der Waals surface area contributed by atoms with Crippen LogP contribution >= 0.6 is 0 Å².